The van der Waals surface area contributed by atoms with Gasteiger partial charge >= 0.3 is 5.97 Å². The molecule has 1 unspecified atom stereocenters. The zero-order valence-electron chi connectivity index (χ0n) is 11.4. The normalized spacial score (nSPS) is 20.4. The molecule has 104 valence electrons. The van der Waals surface area contributed by atoms with E-state index in [1.807, 2.05) is 19.2 Å². The zero-order chi connectivity index (χ0) is 13.8. The molecule has 0 saturated carbocycles. The molecule has 2 rings (SSSR count). The van der Waals surface area contributed by atoms with Crippen molar-refractivity contribution in [2.24, 2.45) is 0 Å². The molecule has 1 aromatic carbocycles. The lowest BCUT2D eigenvalue weighted by molar-refractivity contribution is 0.0601. The Kier molecular flexibility index (Phi) is 4.39. The Morgan fingerprint density at radius 1 is 1.37 bits per heavy atom. The van der Waals surface area contributed by atoms with Crippen LogP contribution in [0.15, 0.2) is 24.3 Å². The lowest BCUT2D eigenvalue weighted by Gasteiger charge is -2.39. The number of anilines is 1. The second-order valence-corrected chi connectivity index (χ2v) is 4.80. The zero-order valence-corrected chi connectivity index (χ0v) is 11.4. The maximum Gasteiger partial charge on any atom is 0.337 e. The third-order valence-electron chi connectivity index (χ3n) is 3.64. The molecule has 1 saturated heterocycles. The molecule has 1 aliphatic rings. The van der Waals surface area contributed by atoms with Crippen molar-refractivity contribution in [2.45, 2.75) is 6.04 Å². The Morgan fingerprint density at radius 3 is 2.63 bits per heavy atom. The summed E-state index contributed by atoms with van der Waals surface area (Å²) in [5.74, 6) is -0.321. The largest absolute Gasteiger partial charge is 0.465 e. The topological polar surface area (TPSA) is 53.0 Å². The highest BCUT2D eigenvalue weighted by molar-refractivity contribution is 5.89. The molecule has 1 fully saturated rings. The quantitative estimate of drug-likeness (QED) is 0.810. The fraction of sp³-hybridized carbons (Fsp3) is 0.500. The van der Waals surface area contributed by atoms with E-state index in [0.717, 1.165) is 25.3 Å². The Morgan fingerprint density at radius 2 is 2.05 bits per heavy atom. The molecule has 1 aromatic rings. The molecule has 0 amide bonds. The fourth-order valence-corrected chi connectivity index (χ4v) is 2.30. The van der Waals surface area contributed by atoms with Gasteiger partial charge in [0.05, 0.1) is 25.3 Å². The van der Waals surface area contributed by atoms with E-state index in [1.54, 1.807) is 12.1 Å². The van der Waals surface area contributed by atoms with Crippen molar-refractivity contribution in [3.63, 3.8) is 0 Å². The van der Waals surface area contributed by atoms with Crippen LogP contribution in [0.25, 0.3) is 0 Å². The Bertz CT molecular complexity index is 433. The number of carbonyl (C=O) groups is 1. The molecular weight excluding hydrogens is 244 g/mol. The number of benzene rings is 1. The number of ether oxygens (including phenoxy) is 1. The van der Waals surface area contributed by atoms with Gasteiger partial charge in [0.15, 0.2) is 0 Å². The third kappa shape index (κ3) is 3.05. The number of esters is 1. The van der Waals surface area contributed by atoms with Crippen molar-refractivity contribution in [1.82, 2.24) is 4.90 Å². The lowest BCUT2D eigenvalue weighted by atomic mass is 10.1. The first kappa shape index (κ1) is 13.8. The van der Waals surface area contributed by atoms with Crippen molar-refractivity contribution < 1.29 is 14.6 Å². The van der Waals surface area contributed by atoms with Gasteiger partial charge in [0.25, 0.3) is 0 Å². The van der Waals surface area contributed by atoms with E-state index >= 15 is 0 Å². The monoisotopic (exact) mass is 264 g/mol. The first-order valence-electron chi connectivity index (χ1n) is 6.40. The van der Waals surface area contributed by atoms with Gasteiger partial charge in [-0.1, -0.05) is 0 Å². The van der Waals surface area contributed by atoms with Crippen LogP contribution in [-0.4, -0.2) is 62.4 Å². The van der Waals surface area contributed by atoms with Crippen molar-refractivity contribution in [3.05, 3.63) is 29.8 Å². The number of aliphatic hydroxyl groups excluding tert-OH is 1. The summed E-state index contributed by atoms with van der Waals surface area (Å²) in [5, 5.41) is 9.35. The van der Waals surface area contributed by atoms with Gasteiger partial charge < -0.3 is 14.7 Å². The summed E-state index contributed by atoms with van der Waals surface area (Å²) >= 11 is 0. The minimum absolute atomic E-state index is 0.160. The lowest BCUT2D eigenvalue weighted by Crippen LogP contribution is -2.53. The summed E-state index contributed by atoms with van der Waals surface area (Å²) in [6.07, 6.45) is 0. The van der Waals surface area contributed by atoms with Gasteiger partial charge in [0.1, 0.15) is 0 Å². The molecule has 5 heteroatoms. The molecule has 1 aliphatic heterocycles. The average Bonchev–Trinajstić information content (AvgIpc) is 2.47. The van der Waals surface area contributed by atoms with Crippen LogP contribution in [0.4, 0.5) is 5.69 Å². The summed E-state index contributed by atoms with van der Waals surface area (Å²) < 4.78 is 4.68. The van der Waals surface area contributed by atoms with Gasteiger partial charge in [-0.05, 0) is 31.3 Å². The van der Waals surface area contributed by atoms with Crippen LogP contribution in [0, 0.1) is 0 Å². The second kappa shape index (κ2) is 6.04. The molecule has 0 radical (unpaired) electrons. The number of aliphatic hydroxyl groups is 1. The molecule has 0 aromatic heterocycles. The third-order valence-corrected chi connectivity index (χ3v) is 3.64. The van der Waals surface area contributed by atoms with Gasteiger partial charge in [-0.3, -0.25) is 4.90 Å². The first-order valence-corrected chi connectivity index (χ1v) is 6.40. The summed E-state index contributed by atoms with van der Waals surface area (Å²) in [5.41, 5.74) is 1.62. The van der Waals surface area contributed by atoms with E-state index in [0.29, 0.717) is 5.56 Å². The molecule has 19 heavy (non-hydrogen) atoms. The maximum atomic E-state index is 11.4. The Labute approximate surface area is 113 Å². The molecule has 0 aliphatic carbocycles. The van der Waals surface area contributed by atoms with E-state index in [2.05, 4.69) is 14.5 Å². The highest BCUT2D eigenvalue weighted by Crippen LogP contribution is 2.19. The number of hydrogen-bond acceptors (Lipinski definition) is 5. The van der Waals surface area contributed by atoms with Gasteiger partial charge in [0, 0.05) is 25.3 Å². The van der Waals surface area contributed by atoms with Crippen LogP contribution in [-0.2, 0) is 4.74 Å². The van der Waals surface area contributed by atoms with E-state index in [4.69, 9.17) is 0 Å². The van der Waals surface area contributed by atoms with E-state index in [1.165, 1.54) is 7.11 Å². The average molecular weight is 264 g/mol. The summed E-state index contributed by atoms with van der Waals surface area (Å²) in [6.45, 7) is 2.80. The van der Waals surface area contributed by atoms with Crippen LogP contribution >= 0.6 is 0 Å². The van der Waals surface area contributed by atoms with Crippen LogP contribution in [0.5, 0.6) is 0 Å². The molecular formula is C14H20N2O3. The van der Waals surface area contributed by atoms with Gasteiger partial charge in [-0.2, -0.15) is 0 Å². The van der Waals surface area contributed by atoms with Crippen LogP contribution in [0.1, 0.15) is 10.4 Å². The predicted octanol–water partition coefficient (Wildman–Crippen LogP) is 0.586. The summed E-state index contributed by atoms with van der Waals surface area (Å²) in [7, 11) is 3.40. The molecule has 0 bridgehead atoms. The number of piperazine rings is 1. The highest BCUT2D eigenvalue weighted by Gasteiger charge is 2.23. The van der Waals surface area contributed by atoms with Gasteiger partial charge in [-0.15, -0.1) is 0 Å². The minimum Gasteiger partial charge on any atom is -0.465 e. The number of rotatable bonds is 3. The number of methoxy groups -OCH3 is 1. The summed E-state index contributed by atoms with van der Waals surface area (Å²) in [4.78, 5) is 15.8. The summed E-state index contributed by atoms with van der Waals surface area (Å²) in [6, 6.07) is 7.55. The molecule has 5 nitrogen and oxygen atoms in total. The van der Waals surface area contributed by atoms with Gasteiger partial charge in [-0.25, -0.2) is 4.79 Å². The fourth-order valence-electron chi connectivity index (χ4n) is 2.30. The maximum absolute atomic E-state index is 11.4. The van der Waals surface area contributed by atoms with E-state index < -0.39 is 0 Å². The number of carbonyl (C=O) groups excluding carboxylic acids is 1. The first-order chi connectivity index (χ1) is 9.15. The Hall–Kier alpha value is -1.59. The van der Waals surface area contributed by atoms with Crippen LogP contribution in [0.3, 0.4) is 0 Å². The minimum atomic E-state index is -0.321. The van der Waals surface area contributed by atoms with Gasteiger partial charge in [0.2, 0.25) is 0 Å². The molecule has 1 heterocycles. The highest BCUT2D eigenvalue weighted by atomic mass is 16.5. The van der Waals surface area contributed by atoms with Crippen LogP contribution < -0.4 is 4.90 Å². The SMILES string of the molecule is COC(=O)c1ccc(N2CCN(C)C(CO)C2)cc1. The van der Waals surface area contributed by atoms with E-state index in [9.17, 15) is 9.90 Å². The number of nitrogens with zero attached hydrogens (tertiary/aromatic N) is 2. The van der Waals surface area contributed by atoms with E-state index in [-0.39, 0.29) is 18.6 Å². The second-order valence-electron chi connectivity index (χ2n) is 4.80. The molecule has 0 spiro atoms. The van der Waals surface area contributed by atoms with Crippen LogP contribution in [0.2, 0.25) is 0 Å². The van der Waals surface area contributed by atoms with Crippen molar-refractivity contribution in [2.75, 3.05) is 45.3 Å². The van der Waals surface area contributed by atoms with Crippen molar-refractivity contribution in [1.29, 1.82) is 0 Å². The number of likely N-dealkylation sites (N-methyl/N-ethyl adjacent to an activating group) is 1. The standard InChI is InChI=1S/C14H20N2O3/c1-15-7-8-16(9-13(15)10-17)12-5-3-11(4-6-12)14(18)19-2/h3-6,13,17H,7-10H2,1-2H3. The smallest absolute Gasteiger partial charge is 0.337 e. The molecule has 1 atom stereocenters. The van der Waals surface area contributed by atoms with Crippen molar-refractivity contribution in [3.8, 4) is 0 Å². The predicted molar refractivity (Wildman–Crippen MR) is 73.5 cm³/mol. The molecule has 1 N–H and O–H groups in total. The number of hydrogen-bond donors (Lipinski definition) is 1. The van der Waals surface area contributed by atoms with Crippen molar-refractivity contribution >= 4 is 11.7 Å². The Balaban J connectivity index is 2.08.